The van der Waals surface area contributed by atoms with Gasteiger partial charge in [0.05, 0.1) is 25.8 Å². The van der Waals surface area contributed by atoms with Crippen LogP contribution in [-0.4, -0.2) is 55.4 Å². The molecule has 1 fully saturated rings. The van der Waals surface area contributed by atoms with Gasteiger partial charge in [0.2, 0.25) is 0 Å². The Morgan fingerprint density at radius 3 is 2.52 bits per heavy atom. The molecule has 1 atom stereocenters. The molecule has 160 valence electrons. The number of hydrogen-bond donors (Lipinski definition) is 3. The van der Waals surface area contributed by atoms with Crippen molar-refractivity contribution in [1.82, 2.24) is 15.5 Å². The monoisotopic (exact) mass is 530 g/mol. The summed E-state index contributed by atoms with van der Waals surface area (Å²) in [7, 11) is 0. The van der Waals surface area contributed by atoms with Gasteiger partial charge in [0, 0.05) is 35.9 Å². The summed E-state index contributed by atoms with van der Waals surface area (Å²) < 4.78 is 5.54. The van der Waals surface area contributed by atoms with Crippen molar-refractivity contribution in [3.8, 4) is 5.75 Å². The van der Waals surface area contributed by atoms with Crippen LogP contribution in [0.15, 0.2) is 41.4 Å². The minimum absolute atomic E-state index is 0. The van der Waals surface area contributed by atoms with Gasteiger partial charge in [0.15, 0.2) is 5.96 Å². The van der Waals surface area contributed by atoms with E-state index in [1.807, 2.05) is 23.5 Å². The average molecular weight is 530 g/mol. The van der Waals surface area contributed by atoms with Gasteiger partial charge < -0.3 is 20.5 Å². The van der Waals surface area contributed by atoms with E-state index in [-0.39, 0.29) is 29.7 Å². The van der Waals surface area contributed by atoms with Crippen LogP contribution in [0.2, 0.25) is 0 Å². The molecule has 1 unspecified atom stereocenters. The van der Waals surface area contributed by atoms with Crippen LogP contribution in [-0.2, 0) is 11.3 Å². The molecule has 2 aromatic rings. The molecular weight excluding hydrogens is 499 g/mol. The first kappa shape index (κ1) is 23.9. The number of rotatable bonds is 7. The Hall–Kier alpha value is -1.36. The summed E-state index contributed by atoms with van der Waals surface area (Å²) in [4.78, 5) is 9.90. The van der Waals surface area contributed by atoms with Crippen molar-refractivity contribution in [2.45, 2.75) is 26.4 Å². The van der Waals surface area contributed by atoms with Crippen LogP contribution >= 0.6 is 35.3 Å². The van der Waals surface area contributed by atoms with Crippen molar-refractivity contribution >= 4 is 41.3 Å². The third-order valence-corrected chi connectivity index (χ3v) is 5.84. The number of phenolic OH excluding ortho intramolecular Hbond substituents is 1. The quantitative estimate of drug-likeness (QED) is 0.291. The average Bonchev–Trinajstić information content (AvgIpc) is 3.14. The number of nitrogens with one attached hydrogen (secondary N) is 2. The van der Waals surface area contributed by atoms with Crippen molar-refractivity contribution in [3.05, 3.63) is 51.7 Å². The summed E-state index contributed by atoms with van der Waals surface area (Å²) >= 11 is 1.86. The molecule has 0 amide bonds. The van der Waals surface area contributed by atoms with Crippen LogP contribution in [0.1, 0.15) is 28.3 Å². The molecule has 3 rings (SSSR count). The van der Waals surface area contributed by atoms with Gasteiger partial charge in [0.1, 0.15) is 5.75 Å². The highest BCUT2D eigenvalue weighted by Crippen LogP contribution is 2.27. The third kappa shape index (κ3) is 7.44. The molecule has 0 aliphatic carbocycles. The topological polar surface area (TPSA) is 69.1 Å². The van der Waals surface area contributed by atoms with Gasteiger partial charge >= 0.3 is 0 Å². The highest BCUT2D eigenvalue weighted by molar-refractivity contribution is 14.0. The van der Waals surface area contributed by atoms with Crippen LogP contribution in [0, 0.1) is 6.92 Å². The Balaban J connectivity index is 0.00000300. The molecule has 8 heteroatoms. The van der Waals surface area contributed by atoms with Crippen molar-refractivity contribution in [1.29, 1.82) is 0 Å². The van der Waals surface area contributed by atoms with Crippen LogP contribution in [0.5, 0.6) is 5.75 Å². The number of nitrogens with zero attached hydrogens (tertiary/aromatic N) is 2. The van der Waals surface area contributed by atoms with E-state index in [4.69, 9.17) is 9.73 Å². The lowest BCUT2D eigenvalue weighted by Gasteiger charge is -2.34. The second kappa shape index (κ2) is 12.4. The Labute approximate surface area is 194 Å². The smallest absolute Gasteiger partial charge is 0.191 e. The Bertz CT molecular complexity index is 760. The zero-order chi connectivity index (χ0) is 19.8. The van der Waals surface area contributed by atoms with Gasteiger partial charge in [-0.05, 0) is 43.7 Å². The van der Waals surface area contributed by atoms with Gasteiger partial charge in [-0.2, -0.15) is 0 Å². The van der Waals surface area contributed by atoms with Crippen molar-refractivity contribution in [3.63, 3.8) is 0 Å². The molecule has 0 spiro atoms. The molecule has 6 nitrogen and oxygen atoms in total. The Kier molecular flexibility index (Phi) is 10.2. The number of aryl methyl sites for hydroxylation is 1. The molecule has 1 aromatic heterocycles. The lowest BCUT2D eigenvalue weighted by Crippen LogP contribution is -2.46. The molecule has 0 radical (unpaired) electrons. The standard InChI is InChI=1S/C21H30N4O2S.HI/c1-3-22-21(23-14-17-5-7-18(26)8-6-17)24-15-19(20-9-4-16(2)28-20)25-10-12-27-13-11-25;/h4-9,19,26H,3,10-15H2,1-2H3,(H2,22,23,24);1H. The molecule has 3 N–H and O–H groups in total. The third-order valence-electron chi connectivity index (χ3n) is 4.74. The first-order valence-electron chi connectivity index (χ1n) is 9.84. The van der Waals surface area contributed by atoms with Crippen molar-refractivity contribution in [2.75, 3.05) is 39.4 Å². The van der Waals surface area contributed by atoms with Crippen LogP contribution in [0.3, 0.4) is 0 Å². The van der Waals surface area contributed by atoms with Gasteiger partial charge in [0.25, 0.3) is 0 Å². The SMILES string of the molecule is CCNC(=NCc1ccc(O)cc1)NCC(c1ccc(C)s1)N1CCOCC1.I. The lowest BCUT2D eigenvalue weighted by molar-refractivity contribution is 0.0177. The zero-order valence-corrected chi connectivity index (χ0v) is 20.2. The molecule has 1 aliphatic heterocycles. The van der Waals surface area contributed by atoms with E-state index in [0.29, 0.717) is 12.6 Å². The number of thiophene rings is 1. The Morgan fingerprint density at radius 2 is 1.90 bits per heavy atom. The second-order valence-electron chi connectivity index (χ2n) is 6.86. The minimum atomic E-state index is 0. The number of hydrogen-bond acceptors (Lipinski definition) is 5. The molecule has 1 aliphatic rings. The number of guanidine groups is 1. The second-order valence-corrected chi connectivity index (χ2v) is 8.17. The largest absolute Gasteiger partial charge is 0.508 e. The van der Waals surface area contributed by atoms with Crippen LogP contribution in [0.4, 0.5) is 0 Å². The van der Waals surface area contributed by atoms with Gasteiger partial charge in [-0.1, -0.05) is 12.1 Å². The molecule has 0 saturated carbocycles. The minimum Gasteiger partial charge on any atom is -0.508 e. The maximum Gasteiger partial charge on any atom is 0.191 e. The first-order valence-corrected chi connectivity index (χ1v) is 10.7. The van der Waals surface area contributed by atoms with E-state index < -0.39 is 0 Å². The zero-order valence-electron chi connectivity index (χ0n) is 17.1. The van der Waals surface area contributed by atoms with E-state index in [2.05, 4.69) is 41.5 Å². The number of morpholine rings is 1. The molecule has 1 saturated heterocycles. The number of aliphatic imine (C=N–C) groups is 1. The summed E-state index contributed by atoms with van der Waals surface area (Å²) in [5.41, 5.74) is 1.06. The maximum atomic E-state index is 9.42. The molecule has 1 aromatic carbocycles. The van der Waals surface area contributed by atoms with Gasteiger partial charge in [-0.3, -0.25) is 4.90 Å². The van der Waals surface area contributed by atoms with E-state index >= 15 is 0 Å². The van der Waals surface area contributed by atoms with Crippen LogP contribution < -0.4 is 10.6 Å². The van der Waals surface area contributed by atoms with E-state index in [1.54, 1.807) is 12.1 Å². The van der Waals surface area contributed by atoms with Crippen molar-refractivity contribution in [2.24, 2.45) is 4.99 Å². The number of halogens is 1. The first-order chi connectivity index (χ1) is 13.7. The molecule has 2 heterocycles. The molecule has 29 heavy (non-hydrogen) atoms. The van der Waals surface area contributed by atoms with E-state index in [0.717, 1.165) is 50.9 Å². The number of benzene rings is 1. The fourth-order valence-electron chi connectivity index (χ4n) is 3.24. The highest BCUT2D eigenvalue weighted by Gasteiger charge is 2.24. The van der Waals surface area contributed by atoms with Crippen molar-refractivity contribution < 1.29 is 9.84 Å². The maximum absolute atomic E-state index is 9.42. The molecular formula is C21H31IN4O2S. The number of aromatic hydroxyl groups is 1. The molecule has 0 bridgehead atoms. The summed E-state index contributed by atoms with van der Waals surface area (Å²) in [6, 6.07) is 11.9. The highest BCUT2D eigenvalue weighted by atomic mass is 127. The summed E-state index contributed by atoms with van der Waals surface area (Å²) in [6.07, 6.45) is 0. The van der Waals surface area contributed by atoms with E-state index in [1.165, 1.54) is 9.75 Å². The number of phenols is 1. The predicted molar refractivity (Wildman–Crippen MR) is 131 cm³/mol. The fourth-order valence-corrected chi connectivity index (χ4v) is 4.25. The van der Waals surface area contributed by atoms with E-state index in [9.17, 15) is 5.11 Å². The Morgan fingerprint density at radius 1 is 1.17 bits per heavy atom. The summed E-state index contributed by atoms with van der Waals surface area (Å²) in [6.45, 7) is 9.86. The predicted octanol–water partition coefficient (Wildman–Crippen LogP) is 3.51. The number of ether oxygens (including phenoxy) is 1. The summed E-state index contributed by atoms with van der Waals surface area (Å²) in [5, 5.41) is 16.3. The fraction of sp³-hybridized carbons (Fsp3) is 0.476. The summed E-state index contributed by atoms with van der Waals surface area (Å²) in [5.74, 6) is 1.08. The lowest BCUT2D eigenvalue weighted by atomic mass is 10.2. The van der Waals surface area contributed by atoms with Gasteiger partial charge in [-0.25, -0.2) is 4.99 Å². The normalized spacial score (nSPS) is 16.1. The van der Waals surface area contributed by atoms with Crippen LogP contribution in [0.25, 0.3) is 0 Å². The van der Waals surface area contributed by atoms with Gasteiger partial charge in [-0.15, -0.1) is 35.3 Å².